The van der Waals surface area contributed by atoms with Crippen LogP contribution in [-0.4, -0.2) is 18.0 Å². The minimum atomic E-state index is 0.237. The SMILES string of the molecule is CCCCCN(CCCCC)C(c1cc(CC)c(N)c(CC)c1)c1cc(CC)c(N)c(CC)c1. The second-order valence-electron chi connectivity index (χ2n) is 9.77. The molecule has 2 aromatic rings. The Morgan fingerprint density at radius 3 is 1.15 bits per heavy atom. The minimum absolute atomic E-state index is 0.237. The van der Waals surface area contributed by atoms with Crippen LogP contribution in [-0.2, 0) is 25.7 Å². The molecule has 0 aliphatic carbocycles. The van der Waals surface area contributed by atoms with Gasteiger partial charge in [-0.1, -0.05) is 91.5 Å². The zero-order valence-corrected chi connectivity index (χ0v) is 23.0. The number of nitrogens with two attached hydrogens (primary N) is 2. The summed E-state index contributed by atoms with van der Waals surface area (Å²) in [7, 11) is 0. The van der Waals surface area contributed by atoms with Crippen LogP contribution in [0.1, 0.15) is 119 Å². The topological polar surface area (TPSA) is 55.3 Å². The average Bonchev–Trinajstić information content (AvgIpc) is 2.85. The lowest BCUT2D eigenvalue weighted by atomic mass is 9.88. The lowest BCUT2D eigenvalue weighted by molar-refractivity contribution is 0.215. The summed E-state index contributed by atoms with van der Waals surface area (Å²) in [6, 6.07) is 9.79. The molecule has 3 nitrogen and oxygen atoms in total. The molecule has 0 fully saturated rings. The summed E-state index contributed by atoms with van der Waals surface area (Å²) >= 11 is 0. The highest BCUT2D eigenvalue weighted by molar-refractivity contribution is 5.59. The van der Waals surface area contributed by atoms with E-state index in [1.807, 2.05) is 0 Å². The lowest BCUT2D eigenvalue weighted by Gasteiger charge is -2.34. The molecular weight excluding hydrogens is 414 g/mol. The summed E-state index contributed by atoms with van der Waals surface area (Å²) in [5.74, 6) is 0. The van der Waals surface area contributed by atoms with Crippen molar-refractivity contribution in [3.63, 3.8) is 0 Å². The second-order valence-corrected chi connectivity index (χ2v) is 9.77. The third-order valence-electron chi connectivity index (χ3n) is 7.37. The predicted molar refractivity (Wildman–Crippen MR) is 152 cm³/mol. The van der Waals surface area contributed by atoms with Gasteiger partial charge < -0.3 is 11.5 Å². The number of nitrogen functional groups attached to an aromatic ring is 2. The Morgan fingerprint density at radius 1 is 0.559 bits per heavy atom. The van der Waals surface area contributed by atoms with Crippen molar-refractivity contribution in [1.82, 2.24) is 4.90 Å². The van der Waals surface area contributed by atoms with Crippen molar-refractivity contribution in [1.29, 1.82) is 0 Å². The number of rotatable bonds is 15. The zero-order valence-electron chi connectivity index (χ0n) is 23.0. The maximum absolute atomic E-state index is 6.57. The van der Waals surface area contributed by atoms with Crippen LogP contribution < -0.4 is 11.5 Å². The molecule has 0 bridgehead atoms. The number of aryl methyl sites for hydroxylation is 4. The van der Waals surface area contributed by atoms with Gasteiger partial charge in [-0.25, -0.2) is 0 Å². The van der Waals surface area contributed by atoms with Crippen LogP contribution in [0, 0.1) is 0 Å². The van der Waals surface area contributed by atoms with Crippen molar-refractivity contribution >= 4 is 11.4 Å². The smallest absolute Gasteiger partial charge is 0.0602 e. The highest BCUT2D eigenvalue weighted by Crippen LogP contribution is 2.36. The number of hydrogen-bond acceptors (Lipinski definition) is 3. The number of hydrogen-bond donors (Lipinski definition) is 2. The molecule has 0 unspecified atom stereocenters. The van der Waals surface area contributed by atoms with E-state index >= 15 is 0 Å². The molecule has 0 saturated heterocycles. The minimum Gasteiger partial charge on any atom is -0.398 e. The third-order valence-corrected chi connectivity index (χ3v) is 7.37. The molecule has 34 heavy (non-hydrogen) atoms. The highest BCUT2D eigenvalue weighted by Gasteiger charge is 2.25. The highest BCUT2D eigenvalue weighted by atomic mass is 15.2. The molecule has 0 atom stereocenters. The van der Waals surface area contributed by atoms with Gasteiger partial charge in [0, 0.05) is 11.4 Å². The van der Waals surface area contributed by atoms with Crippen molar-refractivity contribution in [3.05, 3.63) is 57.6 Å². The van der Waals surface area contributed by atoms with Gasteiger partial charge in [-0.3, -0.25) is 4.90 Å². The fraction of sp³-hybridized carbons (Fsp3) is 0.613. The van der Waals surface area contributed by atoms with Crippen LogP contribution in [0.4, 0.5) is 11.4 Å². The Labute approximate surface area is 210 Å². The predicted octanol–water partition coefficient (Wildman–Crippen LogP) is 7.87. The van der Waals surface area contributed by atoms with Gasteiger partial charge in [0.2, 0.25) is 0 Å². The third kappa shape index (κ3) is 7.01. The summed E-state index contributed by atoms with van der Waals surface area (Å²) in [5, 5.41) is 0. The summed E-state index contributed by atoms with van der Waals surface area (Å²) in [5.41, 5.74) is 23.0. The Kier molecular flexibility index (Phi) is 12.0. The first kappa shape index (κ1) is 28.2. The van der Waals surface area contributed by atoms with Crippen LogP contribution in [0.3, 0.4) is 0 Å². The number of anilines is 2. The molecule has 0 amide bonds. The van der Waals surface area contributed by atoms with Gasteiger partial charge in [0.05, 0.1) is 6.04 Å². The lowest BCUT2D eigenvalue weighted by Crippen LogP contribution is -2.32. The molecule has 4 N–H and O–H groups in total. The van der Waals surface area contributed by atoms with Crippen LogP contribution in [0.2, 0.25) is 0 Å². The molecular formula is C31H51N3. The summed E-state index contributed by atoms with van der Waals surface area (Å²) < 4.78 is 0. The van der Waals surface area contributed by atoms with Gasteiger partial charge in [0.25, 0.3) is 0 Å². The first-order valence-corrected chi connectivity index (χ1v) is 14.0. The second kappa shape index (κ2) is 14.4. The molecule has 0 aliphatic heterocycles. The van der Waals surface area contributed by atoms with E-state index in [1.54, 1.807) is 0 Å². The van der Waals surface area contributed by atoms with Crippen LogP contribution in [0.5, 0.6) is 0 Å². The molecule has 0 aliphatic rings. The Hall–Kier alpha value is -2.00. The number of nitrogens with zero attached hydrogens (tertiary/aromatic N) is 1. The average molecular weight is 466 g/mol. The molecule has 3 heteroatoms. The molecule has 0 heterocycles. The number of unbranched alkanes of at least 4 members (excludes halogenated alkanes) is 4. The van der Waals surface area contributed by atoms with E-state index in [1.165, 1.54) is 71.9 Å². The quantitative estimate of drug-likeness (QED) is 0.208. The largest absolute Gasteiger partial charge is 0.398 e. The van der Waals surface area contributed by atoms with E-state index in [2.05, 4.69) is 70.7 Å². The molecule has 2 aromatic carbocycles. The van der Waals surface area contributed by atoms with Crippen molar-refractivity contribution in [2.75, 3.05) is 24.6 Å². The van der Waals surface area contributed by atoms with Gasteiger partial charge in [-0.2, -0.15) is 0 Å². The summed E-state index contributed by atoms with van der Waals surface area (Å²) in [6.45, 7) is 15.7. The molecule has 190 valence electrons. The molecule has 0 saturated carbocycles. The van der Waals surface area contributed by atoms with Crippen molar-refractivity contribution in [2.24, 2.45) is 0 Å². The van der Waals surface area contributed by atoms with Crippen LogP contribution in [0.15, 0.2) is 24.3 Å². The van der Waals surface area contributed by atoms with Crippen molar-refractivity contribution in [3.8, 4) is 0 Å². The van der Waals surface area contributed by atoms with Gasteiger partial charge in [0.1, 0.15) is 0 Å². The van der Waals surface area contributed by atoms with E-state index in [9.17, 15) is 0 Å². The molecule has 2 rings (SSSR count). The molecule has 0 aromatic heterocycles. The fourth-order valence-electron chi connectivity index (χ4n) is 5.21. The van der Waals surface area contributed by atoms with Crippen molar-refractivity contribution in [2.45, 2.75) is 112 Å². The Morgan fingerprint density at radius 2 is 0.882 bits per heavy atom. The summed E-state index contributed by atoms with van der Waals surface area (Å²) in [4.78, 5) is 2.75. The van der Waals surface area contributed by atoms with Crippen LogP contribution in [0.25, 0.3) is 0 Å². The fourth-order valence-corrected chi connectivity index (χ4v) is 5.21. The van der Waals surface area contributed by atoms with Crippen LogP contribution >= 0.6 is 0 Å². The first-order valence-electron chi connectivity index (χ1n) is 14.0. The van der Waals surface area contributed by atoms with E-state index in [4.69, 9.17) is 11.5 Å². The molecule has 0 radical (unpaired) electrons. The van der Waals surface area contributed by atoms with E-state index in [0.717, 1.165) is 50.1 Å². The van der Waals surface area contributed by atoms with Gasteiger partial charge in [0.15, 0.2) is 0 Å². The van der Waals surface area contributed by atoms with E-state index in [-0.39, 0.29) is 6.04 Å². The Balaban J connectivity index is 2.71. The maximum atomic E-state index is 6.57. The van der Waals surface area contributed by atoms with E-state index in [0.29, 0.717) is 0 Å². The van der Waals surface area contributed by atoms with Gasteiger partial charge >= 0.3 is 0 Å². The zero-order chi connectivity index (χ0) is 25.1. The standard InChI is InChI=1S/C31H51N3/c1-7-13-15-17-34(18-16-14-8-2)31(27-19-23(9-3)29(32)24(10-4)20-27)28-21-25(11-5)30(33)26(12-6)22-28/h19-22,31H,7-18,32-33H2,1-6H3. The van der Waals surface area contributed by atoms with Gasteiger partial charge in [-0.15, -0.1) is 0 Å². The summed E-state index contributed by atoms with van der Waals surface area (Å²) in [6.07, 6.45) is 11.4. The monoisotopic (exact) mass is 465 g/mol. The van der Waals surface area contributed by atoms with E-state index < -0.39 is 0 Å². The first-order chi connectivity index (χ1) is 16.4. The molecule has 0 spiro atoms. The van der Waals surface area contributed by atoms with Gasteiger partial charge in [-0.05, 0) is 85.0 Å². The normalized spacial score (nSPS) is 11.6. The van der Waals surface area contributed by atoms with Crippen molar-refractivity contribution < 1.29 is 0 Å². The maximum Gasteiger partial charge on any atom is 0.0602 e. The number of benzene rings is 2. The Bertz CT molecular complexity index is 765.